The van der Waals surface area contributed by atoms with Gasteiger partial charge in [-0.05, 0) is 24.3 Å². The SMILES string of the molecule is O=C(O)C(=O)Nc1ccc(O)c(=O)cc1. The molecule has 1 rings (SSSR count). The van der Waals surface area contributed by atoms with Gasteiger partial charge in [0.1, 0.15) is 0 Å². The third-order valence-electron chi connectivity index (χ3n) is 1.54. The molecule has 0 saturated heterocycles. The summed E-state index contributed by atoms with van der Waals surface area (Å²) in [5.74, 6) is -3.33. The van der Waals surface area contributed by atoms with Crippen molar-refractivity contribution < 1.29 is 19.8 Å². The van der Waals surface area contributed by atoms with Crippen LogP contribution >= 0.6 is 0 Å². The van der Waals surface area contributed by atoms with Gasteiger partial charge >= 0.3 is 11.9 Å². The molecule has 0 unspecified atom stereocenters. The van der Waals surface area contributed by atoms with Gasteiger partial charge in [-0.15, -0.1) is 0 Å². The highest BCUT2D eigenvalue weighted by molar-refractivity contribution is 6.36. The lowest BCUT2D eigenvalue weighted by molar-refractivity contribution is -0.147. The fourth-order valence-electron chi connectivity index (χ4n) is 0.825. The van der Waals surface area contributed by atoms with Gasteiger partial charge in [-0.3, -0.25) is 9.59 Å². The predicted octanol–water partition coefficient (Wildman–Crippen LogP) is -0.225. The third-order valence-corrected chi connectivity index (χ3v) is 1.54. The molecular formula is C9H7NO5. The van der Waals surface area contributed by atoms with Gasteiger partial charge < -0.3 is 15.5 Å². The van der Waals surface area contributed by atoms with Gasteiger partial charge in [-0.1, -0.05) is 0 Å². The van der Waals surface area contributed by atoms with Crippen LogP contribution in [0.5, 0.6) is 5.75 Å². The van der Waals surface area contributed by atoms with E-state index in [4.69, 9.17) is 10.2 Å². The lowest BCUT2D eigenvalue weighted by Gasteiger charge is -1.97. The van der Waals surface area contributed by atoms with E-state index in [1.165, 1.54) is 12.1 Å². The molecule has 3 N–H and O–H groups in total. The van der Waals surface area contributed by atoms with Crippen molar-refractivity contribution in [2.75, 3.05) is 5.32 Å². The standard InChI is InChI=1S/C9H7NO5/c11-6-3-1-5(2-4-7(6)12)10-8(13)9(14)15/h1-4H,(H,10,13)(H,11,12)(H,14,15). The fourth-order valence-corrected chi connectivity index (χ4v) is 0.825. The van der Waals surface area contributed by atoms with E-state index in [1.807, 2.05) is 5.32 Å². The number of carboxylic acid groups (broad SMARTS) is 1. The van der Waals surface area contributed by atoms with Crippen LogP contribution in [0.4, 0.5) is 5.69 Å². The summed E-state index contributed by atoms with van der Waals surface area (Å²) in [7, 11) is 0. The number of hydrogen-bond acceptors (Lipinski definition) is 4. The van der Waals surface area contributed by atoms with Crippen LogP contribution in [-0.4, -0.2) is 22.1 Å². The highest BCUT2D eigenvalue weighted by Gasteiger charge is 2.10. The summed E-state index contributed by atoms with van der Waals surface area (Å²) in [4.78, 5) is 31.8. The molecule has 0 bridgehead atoms. The summed E-state index contributed by atoms with van der Waals surface area (Å²) in [5, 5.41) is 19.3. The van der Waals surface area contributed by atoms with Gasteiger partial charge in [0.2, 0.25) is 5.43 Å². The van der Waals surface area contributed by atoms with Crippen molar-refractivity contribution in [2.45, 2.75) is 0 Å². The molecule has 6 heteroatoms. The van der Waals surface area contributed by atoms with E-state index < -0.39 is 23.1 Å². The molecule has 0 aliphatic carbocycles. The van der Waals surface area contributed by atoms with Gasteiger partial charge in [0.25, 0.3) is 0 Å². The molecule has 78 valence electrons. The van der Waals surface area contributed by atoms with Gasteiger partial charge in [0, 0.05) is 5.69 Å². The Morgan fingerprint density at radius 2 is 1.73 bits per heavy atom. The molecule has 0 aliphatic heterocycles. The average Bonchev–Trinajstić information content (AvgIpc) is 2.33. The van der Waals surface area contributed by atoms with Crippen LogP contribution in [0, 0.1) is 0 Å². The summed E-state index contributed by atoms with van der Waals surface area (Å²) in [6.45, 7) is 0. The van der Waals surface area contributed by atoms with Crippen LogP contribution in [0.25, 0.3) is 0 Å². The van der Waals surface area contributed by atoms with Crippen molar-refractivity contribution in [1.82, 2.24) is 0 Å². The van der Waals surface area contributed by atoms with E-state index >= 15 is 0 Å². The van der Waals surface area contributed by atoms with Gasteiger partial charge in [-0.2, -0.15) is 0 Å². The molecule has 0 saturated carbocycles. The molecule has 15 heavy (non-hydrogen) atoms. The first kappa shape index (κ1) is 10.7. The number of carbonyl (C=O) groups is 2. The number of carboxylic acids is 1. The van der Waals surface area contributed by atoms with Gasteiger partial charge in [0.15, 0.2) is 5.75 Å². The summed E-state index contributed by atoms with van der Waals surface area (Å²) in [5.41, 5.74) is -0.509. The van der Waals surface area contributed by atoms with Crippen LogP contribution in [0.1, 0.15) is 0 Å². The molecule has 1 aromatic carbocycles. The minimum atomic E-state index is -1.63. The zero-order chi connectivity index (χ0) is 11.4. The molecule has 0 radical (unpaired) electrons. The zero-order valence-electron chi connectivity index (χ0n) is 7.43. The van der Waals surface area contributed by atoms with Crippen LogP contribution < -0.4 is 10.7 Å². The van der Waals surface area contributed by atoms with Crippen molar-refractivity contribution in [3.05, 3.63) is 34.5 Å². The maximum atomic E-state index is 10.9. The first-order valence-electron chi connectivity index (χ1n) is 3.88. The summed E-state index contributed by atoms with van der Waals surface area (Å²) < 4.78 is 0. The normalized spacial score (nSPS) is 9.33. The van der Waals surface area contributed by atoms with Crippen LogP contribution in [-0.2, 0) is 9.59 Å². The number of aromatic hydroxyl groups is 1. The maximum Gasteiger partial charge on any atom is 0.394 e. The van der Waals surface area contributed by atoms with E-state index in [1.54, 1.807) is 0 Å². The lowest BCUT2D eigenvalue weighted by atomic mass is 10.4. The van der Waals surface area contributed by atoms with Crippen LogP contribution in [0.15, 0.2) is 29.1 Å². The monoisotopic (exact) mass is 209 g/mol. The summed E-state index contributed by atoms with van der Waals surface area (Å²) >= 11 is 0. The second-order valence-electron chi connectivity index (χ2n) is 2.63. The second-order valence-corrected chi connectivity index (χ2v) is 2.63. The van der Waals surface area contributed by atoms with E-state index in [0.717, 1.165) is 12.1 Å². The molecule has 0 aliphatic rings. The van der Waals surface area contributed by atoms with Crippen molar-refractivity contribution in [3.8, 4) is 5.75 Å². The Kier molecular flexibility index (Phi) is 3.02. The highest BCUT2D eigenvalue weighted by atomic mass is 16.4. The Balaban J connectivity index is 2.99. The minimum Gasteiger partial charge on any atom is -0.504 e. The van der Waals surface area contributed by atoms with Gasteiger partial charge in [-0.25, -0.2) is 4.79 Å². The number of anilines is 1. The first-order chi connectivity index (χ1) is 7.00. The van der Waals surface area contributed by atoms with Gasteiger partial charge in [0.05, 0.1) is 0 Å². The third kappa shape index (κ3) is 2.80. The number of rotatable bonds is 1. The Bertz CT molecular complexity index is 468. The van der Waals surface area contributed by atoms with Crippen LogP contribution in [0.3, 0.4) is 0 Å². The lowest BCUT2D eigenvalue weighted by Crippen LogP contribution is -2.21. The minimum absolute atomic E-state index is 0.111. The number of amides is 1. The Morgan fingerprint density at radius 3 is 2.33 bits per heavy atom. The molecular weight excluding hydrogens is 202 g/mol. The first-order valence-corrected chi connectivity index (χ1v) is 3.88. The Hall–Kier alpha value is -2.37. The van der Waals surface area contributed by atoms with Crippen molar-refractivity contribution in [2.24, 2.45) is 0 Å². The molecule has 0 heterocycles. The Morgan fingerprint density at radius 1 is 1.13 bits per heavy atom. The fraction of sp³-hybridized carbons (Fsp3) is 0. The highest BCUT2D eigenvalue weighted by Crippen LogP contribution is 2.06. The van der Waals surface area contributed by atoms with E-state index in [2.05, 4.69) is 0 Å². The largest absolute Gasteiger partial charge is 0.504 e. The number of aliphatic carboxylic acids is 1. The second kappa shape index (κ2) is 4.23. The zero-order valence-corrected chi connectivity index (χ0v) is 7.43. The molecule has 1 aromatic rings. The molecule has 0 atom stereocenters. The predicted molar refractivity (Wildman–Crippen MR) is 50.6 cm³/mol. The van der Waals surface area contributed by atoms with E-state index in [9.17, 15) is 14.4 Å². The summed E-state index contributed by atoms with van der Waals surface area (Å²) in [6, 6.07) is 4.51. The van der Waals surface area contributed by atoms with Crippen molar-refractivity contribution in [1.29, 1.82) is 0 Å². The molecule has 0 fully saturated rings. The average molecular weight is 209 g/mol. The van der Waals surface area contributed by atoms with E-state index in [-0.39, 0.29) is 5.69 Å². The quantitative estimate of drug-likeness (QED) is 0.554. The van der Waals surface area contributed by atoms with Crippen molar-refractivity contribution >= 4 is 17.6 Å². The number of nitrogens with one attached hydrogen (secondary N) is 1. The molecule has 0 aromatic heterocycles. The molecule has 0 spiro atoms. The molecule has 1 amide bonds. The smallest absolute Gasteiger partial charge is 0.394 e. The molecule has 6 nitrogen and oxygen atoms in total. The van der Waals surface area contributed by atoms with Crippen molar-refractivity contribution in [3.63, 3.8) is 0 Å². The number of hydrogen-bond donors (Lipinski definition) is 3. The van der Waals surface area contributed by atoms with Crippen LogP contribution in [0.2, 0.25) is 0 Å². The summed E-state index contributed by atoms with van der Waals surface area (Å²) in [6.07, 6.45) is 0. The maximum absolute atomic E-state index is 10.9. The number of carbonyl (C=O) groups excluding carboxylic acids is 1. The van der Waals surface area contributed by atoms with E-state index in [0.29, 0.717) is 0 Å². The Labute approximate surface area is 83.8 Å². The topological polar surface area (TPSA) is 104 Å².